The Bertz CT molecular complexity index is 720. The van der Waals surface area contributed by atoms with Crippen LogP contribution in [0.4, 0.5) is 5.82 Å². The van der Waals surface area contributed by atoms with Crippen molar-refractivity contribution in [2.45, 2.75) is 17.8 Å². The van der Waals surface area contributed by atoms with E-state index in [4.69, 9.17) is 5.73 Å². The SMILES string of the molecule is Cc1cc(N)nc(SCc2csc(-c3ccccc3)n2)n1. The van der Waals surface area contributed by atoms with E-state index in [0.29, 0.717) is 11.0 Å². The van der Waals surface area contributed by atoms with Gasteiger partial charge in [0.2, 0.25) is 0 Å². The van der Waals surface area contributed by atoms with E-state index in [9.17, 15) is 0 Å². The van der Waals surface area contributed by atoms with Crippen molar-refractivity contribution in [1.82, 2.24) is 15.0 Å². The van der Waals surface area contributed by atoms with Crippen LogP contribution in [0.1, 0.15) is 11.4 Å². The van der Waals surface area contributed by atoms with E-state index in [1.807, 2.05) is 25.1 Å². The molecule has 2 N–H and O–H groups in total. The van der Waals surface area contributed by atoms with Crippen LogP contribution in [0.15, 0.2) is 46.9 Å². The molecule has 0 aliphatic carbocycles. The van der Waals surface area contributed by atoms with Gasteiger partial charge in [0.15, 0.2) is 5.16 Å². The predicted octanol–water partition coefficient (Wildman–Crippen LogP) is 3.78. The Balaban J connectivity index is 1.70. The summed E-state index contributed by atoms with van der Waals surface area (Å²) in [5, 5.41) is 3.81. The Morgan fingerprint density at radius 3 is 2.71 bits per heavy atom. The number of nitrogens with two attached hydrogens (primary N) is 1. The molecule has 0 spiro atoms. The number of thiazole rings is 1. The van der Waals surface area contributed by atoms with Gasteiger partial charge in [-0.25, -0.2) is 15.0 Å². The highest BCUT2D eigenvalue weighted by atomic mass is 32.2. The van der Waals surface area contributed by atoms with Crippen LogP contribution in [0.3, 0.4) is 0 Å². The molecular weight excluding hydrogens is 300 g/mol. The van der Waals surface area contributed by atoms with Gasteiger partial charge >= 0.3 is 0 Å². The summed E-state index contributed by atoms with van der Waals surface area (Å²) in [5.74, 6) is 1.25. The molecule has 0 radical (unpaired) electrons. The molecule has 0 atom stereocenters. The molecule has 2 heterocycles. The van der Waals surface area contributed by atoms with Crippen molar-refractivity contribution in [3.05, 3.63) is 53.2 Å². The van der Waals surface area contributed by atoms with Gasteiger partial charge in [0, 0.05) is 28.5 Å². The Kier molecular flexibility index (Phi) is 4.17. The summed E-state index contributed by atoms with van der Waals surface area (Å²) in [4.78, 5) is 13.2. The molecule has 0 unspecified atom stereocenters. The van der Waals surface area contributed by atoms with Crippen LogP contribution in [0, 0.1) is 6.92 Å². The van der Waals surface area contributed by atoms with Gasteiger partial charge in [0.25, 0.3) is 0 Å². The molecule has 0 aliphatic rings. The molecular formula is C15H14N4S2. The maximum absolute atomic E-state index is 5.73. The van der Waals surface area contributed by atoms with E-state index in [1.165, 1.54) is 0 Å². The van der Waals surface area contributed by atoms with E-state index in [2.05, 4.69) is 32.5 Å². The Labute approximate surface area is 131 Å². The molecule has 3 rings (SSSR count). The largest absolute Gasteiger partial charge is 0.384 e. The quantitative estimate of drug-likeness (QED) is 0.586. The lowest BCUT2D eigenvalue weighted by Gasteiger charge is -2.01. The molecule has 1 aromatic carbocycles. The minimum absolute atomic E-state index is 0.508. The summed E-state index contributed by atoms with van der Waals surface area (Å²) in [6.07, 6.45) is 0. The summed E-state index contributed by atoms with van der Waals surface area (Å²) in [7, 11) is 0. The van der Waals surface area contributed by atoms with E-state index in [1.54, 1.807) is 29.2 Å². The van der Waals surface area contributed by atoms with Crippen LogP contribution in [0.25, 0.3) is 10.6 Å². The van der Waals surface area contributed by atoms with Gasteiger partial charge in [0.05, 0.1) is 5.69 Å². The number of thioether (sulfide) groups is 1. The fourth-order valence-corrected chi connectivity index (χ4v) is 3.59. The number of nitrogens with zero attached hydrogens (tertiary/aromatic N) is 3. The van der Waals surface area contributed by atoms with Gasteiger partial charge in [-0.3, -0.25) is 0 Å². The van der Waals surface area contributed by atoms with Crippen molar-refractivity contribution < 1.29 is 0 Å². The molecule has 21 heavy (non-hydrogen) atoms. The van der Waals surface area contributed by atoms with Crippen molar-refractivity contribution in [2.24, 2.45) is 0 Å². The smallest absolute Gasteiger partial charge is 0.190 e. The van der Waals surface area contributed by atoms with Crippen molar-refractivity contribution in [3.8, 4) is 10.6 Å². The second-order valence-electron chi connectivity index (χ2n) is 4.52. The first-order valence-corrected chi connectivity index (χ1v) is 8.31. The molecule has 0 bridgehead atoms. The van der Waals surface area contributed by atoms with E-state index >= 15 is 0 Å². The molecule has 4 nitrogen and oxygen atoms in total. The van der Waals surface area contributed by atoms with Gasteiger partial charge < -0.3 is 5.73 Å². The summed E-state index contributed by atoms with van der Waals surface area (Å²) in [6, 6.07) is 12.0. The van der Waals surface area contributed by atoms with Crippen LogP contribution in [0.2, 0.25) is 0 Å². The topological polar surface area (TPSA) is 64.7 Å². The highest BCUT2D eigenvalue weighted by molar-refractivity contribution is 7.98. The molecule has 0 saturated carbocycles. The predicted molar refractivity (Wildman–Crippen MR) is 88.3 cm³/mol. The number of rotatable bonds is 4. The van der Waals surface area contributed by atoms with Crippen LogP contribution < -0.4 is 5.73 Å². The summed E-state index contributed by atoms with van der Waals surface area (Å²) in [5.41, 5.74) is 8.80. The lowest BCUT2D eigenvalue weighted by molar-refractivity contribution is 0.939. The second kappa shape index (κ2) is 6.24. The first kappa shape index (κ1) is 14.0. The van der Waals surface area contributed by atoms with Gasteiger partial charge in [-0.15, -0.1) is 11.3 Å². The summed E-state index contributed by atoms with van der Waals surface area (Å²) in [6.45, 7) is 1.92. The van der Waals surface area contributed by atoms with Crippen LogP contribution >= 0.6 is 23.1 Å². The standard InChI is InChI=1S/C15H14N4S2/c1-10-7-13(16)19-15(17-10)21-9-12-8-20-14(18-12)11-5-3-2-4-6-11/h2-8H,9H2,1H3,(H2,16,17,19). The van der Waals surface area contributed by atoms with E-state index < -0.39 is 0 Å². The molecule has 0 aliphatic heterocycles. The third-order valence-corrected chi connectivity index (χ3v) is 4.60. The van der Waals surface area contributed by atoms with Crippen molar-refractivity contribution in [3.63, 3.8) is 0 Å². The van der Waals surface area contributed by atoms with E-state index in [-0.39, 0.29) is 0 Å². The lowest BCUT2D eigenvalue weighted by Crippen LogP contribution is -1.96. The Morgan fingerprint density at radius 1 is 1.14 bits per heavy atom. The van der Waals surface area contributed by atoms with Crippen LogP contribution in [0.5, 0.6) is 0 Å². The van der Waals surface area contributed by atoms with Gasteiger partial charge in [-0.1, -0.05) is 42.1 Å². The Hall–Kier alpha value is -1.92. The number of hydrogen-bond acceptors (Lipinski definition) is 6. The fraction of sp³-hybridized carbons (Fsp3) is 0.133. The third-order valence-electron chi connectivity index (χ3n) is 2.78. The van der Waals surface area contributed by atoms with Crippen molar-refractivity contribution in [1.29, 1.82) is 0 Å². The number of benzene rings is 1. The second-order valence-corrected chi connectivity index (χ2v) is 6.32. The van der Waals surface area contributed by atoms with Gasteiger partial charge in [-0.05, 0) is 6.92 Å². The molecule has 0 fully saturated rings. The van der Waals surface area contributed by atoms with Gasteiger partial charge in [-0.2, -0.15) is 0 Å². The third kappa shape index (κ3) is 3.59. The summed E-state index contributed by atoms with van der Waals surface area (Å²) >= 11 is 3.21. The molecule has 106 valence electrons. The fourth-order valence-electron chi connectivity index (χ4n) is 1.85. The van der Waals surface area contributed by atoms with Gasteiger partial charge in [0.1, 0.15) is 10.8 Å². The molecule has 2 aromatic heterocycles. The molecule has 0 amide bonds. The zero-order chi connectivity index (χ0) is 14.7. The van der Waals surface area contributed by atoms with Crippen LogP contribution in [-0.4, -0.2) is 15.0 Å². The summed E-state index contributed by atoms with van der Waals surface area (Å²) < 4.78 is 0. The molecule has 3 aromatic rings. The zero-order valence-corrected chi connectivity index (χ0v) is 13.1. The molecule has 0 saturated heterocycles. The Morgan fingerprint density at radius 2 is 1.95 bits per heavy atom. The minimum Gasteiger partial charge on any atom is -0.384 e. The number of aryl methyl sites for hydroxylation is 1. The average Bonchev–Trinajstić information content (AvgIpc) is 2.94. The zero-order valence-electron chi connectivity index (χ0n) is 11.5. The normalized spacial score (nSPS) is 10.7. The highest BCUT2D eigenvalue weighted by Crippen LogP contribution is 2.26. The minimum atomic E-state index is 0.508. The van der Waals surface area contributed by atoms with Crippen molar-refractivity contribution >= 4 is 28.9 Å². The van der Waals surface area contributed by atoms with Crippen molar-refractivity contribution in [2.75, 3.05) is 5.73 Å². The first-order chi connectivity index (χ1) is 10.2. The number of aromatic nitrogens is 3. The lowest BCUT2D eigenvalue weighted by atomic mass is 10.2. The number of anilines is 1. The van der Waals surface area contributed by atoms with E-state index in [0.717, 1.165) is 27.7 Å². The number of hydrogen-bond donors (Lipinski definition) is 1. The first-order valence-electron chi connectivity index (χ1n) is 6.44. The number of nitrogen functional groups attached to an aromatic ring is 1. The highest BCUT2D eigenvalue weighted by Gasteiger charge is 2.07. The van der Waals surface area contributed by atoms with Crippen LogP contribution in [-0.2, 0) is 5.75 Å². The average molecular weight is 314 g/mol. The monoisotopic (exact) mass is 314 g/mol. The maximum Gasteiger partial charge on any atom is 0.190 e. The maximum atomic E-state index is 5.73. The molecule has 6 heteroatoms.